The summed E-state index contributed by atoms with van der Waals surface area (Å²) in [7, 11) is 1.27. The molecule has 0 aliphatic heterocycles. The number of rotatable bonds is 3. The van der Waals surface area contributed by atoms with Gasteiger partial charge in [-0.05, 0) is 13.0 Å². The summed E-state index contributed by atoms with van der Waals surface area (Å²) in [4.78, 5) is 3.67. The molecule has 3 N–H and O–H groups in total. The van der Waals surface area contributed by atoms with Crippen LogP contribution in [-0.2, 0) is 5.60 Å². The molecule has 0 fully saturated rings. The Kier molecular flexibility index (Phi) is 3.63. The first-order valence-corrected chi connectivity index (χ1v) is 4.78. The standard InChI is InChI=1S/C10H13F3N2O2/c1-6(14)9(16,10(11,12)13)7-3-4-15-8(5-7)17-2/h3-6,16H,14H2,1-2H3. The predicted molar refractivity (Wildman–Crippen MR) is 54.4 cm³/mol. The smallest absolute Gasteiger partial charge is 0.422 e. The summed E-state index contributed by atoms with van der Waals surface area (Å²) >= 11 is 0. The molecule has 1 heterocycles. The number of aliphatic hydroxyl groups is 1. The quantitative estimate of drug-likeness (QED) is 0.845. The van der Waals surface area contributed by atoms with Crippen LogP contribution in [0.2, 0.25) is 0 Å². The van der Waals surface area contributed by atoms with E-state index in [0.717, 1.165) is 25.3 Å². The molecule has 96 valence electrons. The van der Waals surface area contributed by atoms with Crippen LogP contribution < -0.4 is 10.5 Å². The first-order valence-electron chi connectivity index (χ1n) is 4.78. The molecule has 0 bridgehead atoms. The number of methoxy groups -OCH3 is 1. The van der Waals surface area contributed by atoms with Crippen molar-refractivity contribution < 1.29 is 23.0 Å². The molecular formula is C10H13F3N2O2. The average Bonchev–Trinajstić information content (AvgIpc) is 2.26. The lowest BCUT2D eigenvalue weighted by Crippen LogP contribution is -2.54. The third kappa shape index (κ3) is 2.34. The van der Waals surface area contributed by atoms with E-state index in [0.29, 0.717) is 0 Å². The molecule has 0 aromatic carbocycles. The van der Waals surface area contributed by atoms with Gasteiger partial charge in [-0.3, -0.25) is 0 Å². The highest BCUT2D eigenvalue weighted by atomic mass is 19.4. The maximum Gasteiger partial charge on any atom is 0.422 e. The number of hydrogen-bond acceptors (Lipinski definition) is 4. The highest BCUT2D eigenvalue weighted by Crippen LogP contribution is 2.41. The minimum absolute atomic E-state index is 0.0224. The lowest BCUT2D eigenvalue weighted by molar-refractivity contribution is -0.272. The van der Waals surface area contributed by atoms with Crippen molar-refractivity contribution in [2.24, 2.45) is 5.73 Å². The normalized spacial score (nSPS) is 17.4. The van der Waals surface area contributed by atoms with Gasteiger partial charge in [-0.25, -0.2) is 4.98 Å². The van der Waals surface area contributed by atoms with E-state index in [2.05, 4.69) is 4.98 Å². The van der Waals surface area contributed by atoms with E-state index in [1.807, 2.05) is 0 Å². The van der Waals surface area contributed by atoms with E-state index in [9.17, 15) is 18.3 Å². The maximum atomic E-state index is 12.9. The molecule has 2 unspecified atom stereocenters. The molecule has 0 amide bonds. The molecule has 2 atom stereocenters. The van der Waals surface area contributed by atoms with Crippen molar-refractivity contribution in [1.29, 1.82) is 0 Å². The molecule has 4 nitrogen and oxygen atoms in total. The van der Waals surface area contributed by atoms with Gasteiger partial charge in [0, 0.05) is 23.9 Å². The zero-order valence-corrected chi connectivity index (χ0v) is 9.32. The Morgan fingerprint density at radius 2 is 2.06 bits per heavy atom. The van der Waals surface area contributed by atoms with Crippen LogP contribution in [-0.4, -0.2) is 29.4 Å². The number of ether oxygens (including phenoxy) is 1. The molecule has 17 heavy (non-hydrogen) atoms. The Morgan fingerprint density at radius 3 is 2.47 bits per heavy atom. The van der Waals surface area contributed by atoms with Crippen molar-refractivity contribution in [2.45, 2.75) is 24.7 Å². The van der Waals surface area contributed by atoms with Crippen LogP contribution in [0.15, 0.2) is 18.3 Å². The van der Waals surface area contributed by atoms with Crippen LogP contribution in [0.5, 0.6) is 5.88 Å². The molecule has 0 saturated carbocycles. The van der Waals surface area contributed by atoms with Crippen LogP contribution in [0.1, 0.15) is 12.5 Å². The van der Waals surface area contributed by atoms with E-state index < -0.39 is 23.4 Å². The molecule has 1 aromatic rings. The van der Waals surface area contributed by atoms with Gasteiger partial charge in [-0.15, -0.1) is 0 Å². The molecule has 0 aliphatic carbocycles. The van der Waals surface area contributed by atoms with Crippen molar-refractivity contribution in [3.8, 4) is 5.88 Å². The number of nitrogens with two attached hydrogens (primary N) is 1. The van der Waals surface area contributed by atoms with Crippen molar-refractivity contribution in [1.82, 2.24) is 4.98 Å². The highest BCUT2D eigenvalue weighted by molar-refractivity contribution is 5.29. The number of halogens is 3. The van der Waals surface area contributed by atoms with Gasteiger partial charge in [0.2, 0.25) is 11.5 Å². The van der Waals surface area contributed by atoms with Crippen LogP contribution in [0, 0.1) is 0 Å². The second-order valence-corrected chi connectivity index (χ2v) is 3.64. The Balaban J connectivity index is 3.33. The summed E-state index contributed by atoms with van der Waals surface area (Å²) in [6.07, 6.45) is -3.76. The van der Waals surface area contributed by atoms with Gasteiger partial charge in [-0.1, -0.05) is 0 Å². The Labute approximate surface area is 96.2 Å². The van der Waals surface area contributed by atoms with Crippen molar-refractivity contribution >= 4 is 0 Å². The monoisotopic (exact) mass is 250 g/mol. The Morgan fingerprint density at radius 1 is 1.47 bits per heavy atom. The molecule has 1 aromatic heterocycles. The number of alkyl halides is 3. The van der Waals surface area contributed by atoms with Crippen LogP contribution in [0.3, 0.4) is 0 Å². The lowest BCUT2D eigenvalue weighted by Gasteiger charge is -2.34. The molecule has 1 rings (SSSR count). The van der Waals surface area contributed by atoms with E-state index in [1.54, 1.807) is 0 Å². The van der Waals surface area contributed by atoms with E-state index in [-0.39, 0.29) is 5.88 Å². The molecule has 0 aliphatic rings. The van der Waals surface area contributed by atoms with Gasteiger partial charge in [0.25, 0.3) is 0 Å². The first-order chi connectivity index (χ1) is 7.73. The van der Waals surface area contributed by atoms with Crippen LogP contribution in [0.25, 0.3) is 0 Å². The summed E-state index contributed by atoms with van der Waals surface area (Å²) in [6.45, 7) is 1.08. The fourth-order valence-electron chi connectivity index (χ4n) is 1.44. The minimum Gasteiger partial charge on any atom is -0.481 e. The lowest BCUT2D eigenvalue weighted by atomic mass is 9.87. The van der Waals surface area contributed by atoms with Gasteiger partial charge in [0.1, 0.15) is 0 Å². The van der Waals surface area contributed by atoms with Gasteiger partial charge >= 0.3 is 6.18 Å². The Hall–Kier alpha value is -1.34. The second kappa shape index (κ2) is 4.50. The summed E-state index contributed by atoms with van der Waals surface area (Å²) in [5.74, 6) is -0.0224. The second-order valence-electron chi connectivity index (χ2n) is 3.64. The van der Waals surface area contributed by atoms with E-state index in [4.69, 9.17) is 10.5 Å². The third-order valence-electron chi connectivity index (χ3n) is 2.48. The fraction of sp³-hybridized carbons (Fsp3) is 0.500. The topological polar surface area (TPSA) is 68.4 Å². The van der Waals surface area contributed by atoms with Crippen LogP contribution >= 0.6 is 0 Å². The van der Waals surface area contributed by atoms with E-state index in [1.165, 1.54) is 7.11 Å². The highest BCUT2D eigenvalue weighted by Gasteiger charge is 2.57. The Bertz CT molecular complexity index is 395. The molecule has 7 heteroatoms. The fourth-order valence-corrected chi connectivity index (χ4v) is 1.44. The van der Waals surface area contributed by atoms with Gasteiger partial charge in [-0.2, -0.15) is 13.2 Å². The summed E-state index contributed by atoms with van der Waals surface area (Å²) in [6, 6.07) is 0.547. The minimum atomic E-state index is -4.88. The molecule has 0 radical (unpaired) electrons. The van der Waals surface area contributed by atoms with Crippen molar-refractivity contribution in [2.75, 3.05) is 7.11 Å². The van der Waals surface area contributed by atoms with Gasteiger partial charge in [0.15, 0.2) is 0 Å². The number of aromatic nitrogens is 1. The third-order valence-corrected chi connectivity index (χ3v) is 2.48. The first kappa shape index (κ1) is 13.7. The van der Waals surface area contributed by atoms with Gasteiger partial charge < -0.3 is 15.6 Å². The summed E-state index contributed by atoms with van der Waals surface area (Å²) in [5.41, 5.74) is 1.73. The summed E-state index contributed by atoms with van der Waals surface area (Å²) < 4.78 is 43.4. The van der Waals surface area contributed by atoms with Gasteiger partial charge in [0.05, 0.1) is 7.11 Å². The average molecular weight is 250 g/mol. The van der Waals surface area contributed by atoms with Crippen molar-refractivity contribution in [3.63, 3.8) is 0 Å². The van der Waals surface area contributed by atoms with E-state index >= 15 is 0 Å². The zero-order valence-electron chi connectivity index (χ0n) is 9.32. The maximum absolute atomic E-state index is 12.9. The van der Waals surface area contributed by atoms with Crippen LogP contribution in [0.4, 0.5) is 13.2 Å². The predicted octanol–water partition coefficient (Wildman–Crippen LogP) is 1.19. The molecular weight excluding hydrogens is 237 g/mol. The number of nitrogens with zero attached hydrogens (tertiary/aromatic N) is 1. The number of hydrogen-bond donors (Lipinski definition) is 2. The largest absolute Gasteiger partial charge is 0.481 e. The zero-order chi connectivity index (χ0) is 13.3. The number of pyridine rings is 1. The van der Waals surface area contributed by atoms with Crippen molar-refractivity contribution in [3.05, 3.63) is 23.9 Å². The SMILES string of the molecule is COc1cc(C(O)(C(C)N)C(F)(F)F)ccn1. The molecule has 0 saturated heterocycles. The summed E-state index contributed by atoms with van der Waals surface area (Å²) in [5, 5.41) is 9.78. The molecule has 0 spiro atoms.